The summed E-state index contributed by atoms with van der Waals surface area (Å²) >= 11 is 0. The van der Waals surface area contributed by atoms with Crippen molar-refractivity contribution in [1.29, 1.82) is 0 Å². The third-order valence-electron chi connectivity index (χ3n) is 2.17. The highest BCUT2D eigenvalue weighted by atomic mass is 16.3. The first-order valence-electron chi connectivity index (χ1n) is 3.84. The lowest BCUT2D eigenvalue weighted by Gasteiger charge is -2.16. The number of rotatable bonds is 3. The van der Waals surface area contributed by atoms with Crippen molar-refractivity contribution < 1.29 is 5.11 Å². The Morgan fingerprint density at radius 3 is 2.44 bits per heavy atom. The van der Waals surface area contributed by atoms with Crippen molar-refractivity contribution in [2.24, 2.45) is 5.92 Å². The Morgan fingerprint density at radius 2 is 2.11 bits per heavy atom. The fraction of sp³-hybridized carbons (Fsp3) is 1.00. The Bertz CT molecular complexity index is 92.7. The Balaban J connectivity index is 2.21. The van der Waals surface area contributed by atoms with E-state index in [1.54, 1.807) is 0 Å². The molecule has 0 heterocycles. The standard InChI is InChI=1S/C8H15O/c1-3-8(2,9)6-7-4-5-7/h7H,3-6H2,1-2H3. The largest absolute Gasteiger partial charge is 0.230 e. The molecule has 0 aromatic carbocycles. The second-order valence-corrected chi connectivity index (χ2v) is 3.45. The Labute approximate surface area is 57.1 Å². The van der Waals surface area contributed by atoms with Crippen LogP contribution < -0.4 is 0 Å². The SMILES string of the molecule is CCC(C)([O])CC1CC1. The van der Waals surface area contributed by atoms with E-state index < -0.39 is 5.60 Å². The lowest BCUT2D eigenvalue weighted by molar-refractivity contribution is -0.0276. The normalized spacial score (nSPS) is 25.7. The minimum Gasteiger partial charge on any atom is -0.230 e. The van der Waals surface area contributed by atoms with Gasteiger partial charge >= 0.3 is 0 Å². The van der Waals surface area contributed by atoms with Crippen LogP contribution in [0, 0.1) is 5.92 Å². The predicted octanol–water partition coefficient (Wildman–Crippen LogP) is 2.39. The van der Waals surface area contributed by atoms with Gasteiger partial charge < -0.3 is 0 Å². The second-order valence-electron chi connectivity index (χ2n) is 3.45. The molecule has 1 aliphatic carbocycles. The zero-order chi connectivity index (χ0) is 6.91. The smallest absolute Gasteiger partial charge is 0.101 e. The molecule has 0 N–H and O–H groups in total. The zero-order valence-electron chi connectivity index (χ0n) is 6.31. The number of hydrogen-bond acceptors (Lipinski definition) is 0. The van der Waals surface area contributed by atoms with E-state index in [-0.39, 0.29) is 0 Å². The molecule has 0 amide bonds. The van der Waals surface area contributed by atoms with Gasteiger partial charge in [0.15, 0.2) is 0 Å². The molecule has 1 rings (SSSR count). The van der Waals surface area contributed by atoms with Crippen molar-refractivity contribution in [3.63, 3.8) is 0 Å². The van der Waals surface area contributed by atoms with Crippen molar-refractivity contribution in [1.82, 2.24) is 0 Å². The van der Waals surface area contributed by atoms with Gasteiger partial charge in [0.1, 0.15) is 5.60 Å². The van der Waals surface area contributed by atoms with E-state index in [0.717, 1.165) is 18.8 Å². The van der Waals surface area contributed by atoms with Gasteiger partial charge in [-0.25, -0.2) is 5.11 Å². The molecule has 0 aromatic heterocycles. The third kappa shape index (κ3) is 2.35. The highest BCUT2D eigenvalue weighted by Crippen LogP contribution is 2.37. The van der Waals surface area contributed by atoms with Gasteiger partial charge in [-0.05, 0) is 25.7 Å². The van der Waals surface area contributed by atoms with Crippen molar-refractivity contribution >= 4 is 0 Å². The van der Waals surface area contributed by atoms with E-state index >= 15 is 0 Å². The van der Waals surface area contributed by atoms with Gasteiger partial charge in [-0.1, -0.05) is 19.8 Å². The summed E-state index contributed by atoms with van der Waals surface area (Å²) in [6.45, 7) is 3.81. The van der Waals surface area contributed by atoms with Crippen LogP contribution in [0.5, 0.6) is 0 Å². The van der Waals surface area contributed by atoms with Crippen LogP contribution in [0.25, 0.3) is 0 Å². The first-order chi connectivity index (χ1) is 4.14. The monoisotopic (exact) mass is 127 g/mol. The molecule has 1 aliphatic rings. The molecule has 0 aromatic rings. The summed E-state index contributed by atoms with van der Waals surface area (Å²) in [6.07, 6.45) is 4.29. The van der Waals surface area contributed by atoms with Crippen LogP contribution in [0.15, 0.2) is 0 Å². The quantitative estimate of drug-likeness (QED) is 0.554. The maximum absolute atomic E-state index is 11.3. The molecule has 0 bridgehead atoms. The molecule has 1 unspecified atom stereocenters. The van der Waals surface area contributed by atoms with Gasteiger partial charge in [0.05, 0.1) is 0 Å². The summed E-state index contributed by atoms with van der Waals surface area (Å²) in [6, 6.07) is 0. The Morgan fingerprint density at radius 1 is 1.56 bits per heavy atom. The molecule has 53 valence electrons. The summed E-state index contributed by atoms with van der Waals surface area (Å²) in [5.41, 5.74) is -0.624. The zero-order valence-corrected chi connectivity index (χ0v) is 6.31. The lowest BCUT2D eigenvalue weighted by atomic mass is 9.96. The van der Waals surface area contributed by atoms with Crippen molar-refractivity contribution in [3.8, 4) is 0 Å². The van der Waals surface area contributed by atoms with Crippen LogP contribution in [-0.4, -0.2) is 5.60 Å². The van der Waals surface area contributed by atoms with E-state index in [1.165, 1.54) is 12.8 Å². The molecule has 1 heteroatoms. The molecule has 1 fully saturated rings. The summed E-state index contributed by atoms with van der Waals surface area (Å²) < 4.78 is 0. The van der Waals surface area contributed by atoms with Gasteiger partial charge in [0, 0.05) is 0 Å². The van der Waals surface area contributed by atoms with Crippen LogP contribution in [0.4, 0.5) is 0 Å². The van der Waals surface area contributed by atoms with Gasteiger partial charge in [-0.15, -0.1) is 0 Å². The Kier molecular flexibility index (Phi) is 1.80. The maximum atomic E-state index is 11.3. The fourth-order valence-electron chi connectivity index (χ4n) is 1.08. The molecule has 9 heavy (non-hydrogen) atoms. The highest BCUT2D eigenvalue weighted by molar-refractivity contribution is 4.82. The highest BCUT2D eigenvalue weighted by Gasteiger charge is 2.31. The van der Waals surface area contributed by atoms with E-state index in [0.29, 0.717) is 0 Å². The van der Waals surface area contributed by atoms with Crippen molar-refractivity contribution in [2.75, 3.05) is 0 Å². The summed E-state index contributed by atoms with van der Waals surface area (Å²) in [5, 5.41) is 11.3. The first-order valence-corrected chi connectivity index (χ1v) is 3.84. The lowest BCUT2D eigenvalue weighted by Crippen LogP contribution is -2.21. The summed E-state index contributed by atoms with van der Waals surface area (Å²) in [7, 11) is 0. The van der Waals surface area contributed by atoms with Crippen LogP contribution in [0.3, 0.4) is 0 Å². The average Bonchev–Trinajstić information content (AvgIpc) is 2.50. The van der Waals surface area contributed by atoms with E-state index in [1.807, 2.05) is 13.8 Å². The van der Waals surface area contributed by atoms with Gasteiger partial charge in [-0.3, -0.25) is 0 Å². The van der Waals surface area contributed by atoms with Crippen molar-refractivity contribution in [2.45, 2.75) is 45.1 Å². The summed E-state index contributed by atoms with van der Waals surface area (Å²) in [4.78, 5) is 0. The topological polar surface area (TPSA) is 19.9 Å². The van der Waals surface area contributed by atoms with Crippen LogP contribution in [0.2, 0.25) is 0 Å². The minimum atomic E-state index is -0.624. The van der Waals surface area contributed by atoms with Gasteiger partial charge in [-0.2, -0.15) is 0 Å². The molecule has 0 aliphatic heterocycles. The molecule has 1 radical (unpaired) electrons. The third-order valence-corrected chi connectivity index (χ3v) is 2.17. The van der Waals surface area contributed by atoms with Gasteiger partial charge in [0.2, 0.25) is 0 Å². The number of hydrogen-bond donors (Lipinski definition) is 0. The average molecular weight is 127 g/mol. The molecule has 0 saturated heterocycles. The second kappa shape index (κ2) is 2.30. The van der Waals surface area contributed by atoms with Crippen LogP contribution in [0.1, 0.15) is 39.5 Å². The molecular weight excluding hydrogens is 112 g/mol. The minimum absolute atomic E-state index is 0.624. The van der Waals surface area contributed by atoms with E-state index in [4.69, 9.17) is 0 Å². The molecular formula is C8H15O. The summed E-state index contributed by atoms with van der Waals surface area (Å²) in [5.74, 6) is 0.785. The molecule has 0 spiro atoms. The maximum Gasteiger partial charge on any atom is 0.101 e. The van der Waals surface area contributed by atoms with Gasteiger partial charge in [0.25, 0.3) is 0 Å². The molecule has 1 atom stereocenters. The first kappa shape index (κ1) is 7.07. The van der Waals surface area contributed by atoms with E-state index in [9.17, 15) is 5.11 Å². The van der Waals surface area contributed by atoms with Crippen LogP contribution in [-0.2, 0) is 5.11 Å². The van der Waals surface area contributed by atoms with Crippen molar-refractivity contribution in [3.05, 3.63) is 0 Å². The molecule has 1 nitrogen and oxygen atoms in total. The Hall–Kier alpha value is -0.0400. The van der Waals surface area contributed by atoms with Crippen LogP contribution >= 0.6 is 0 Å². The van der Waals surface area contributed by atoms with E-state index in [2.05, 4.69) is 0 Å². The fourth-order valence-corrected chi connectivity index (χ4v) is 1.08. The predicted molar refractivity (Wildman–Crippen MR) is 36.7 cm³/mol. The molecule has 1 saturated carbocycles.